The Morgan fingerprint density at radius 1 is 1.25 bits per heavy atom. The molecule has 0 aliphatic rings. The van der Waals surface area contributed by atoms with Crippen LogP contribution in [0.25, 0.3) is 0 Å². The van der Waals surface area contributed by atoms with Crippen molar-refractivity contribution in [3.05, 3.63) is 6.92 Å². The van der Waals surface area contributed by atoms with Gasteiger partial charge in [-0.05, 0) is 6.92 Å². The summed E-state index contributed by atoms with van der Waals surface area (Å²) in [5.74, 6) is -0.995. The molecule has 0 aliphatic carbocycles. The predicted molar refractivity (Wildman–Crippen MR) is 32.7 cm³/mol. The first-order chi connectivity index (χ1) is 3.55. The van der Waals surface area contributed by atoms with E-state index in [1.807, 2.05) is 0 Å². The summed E-state index contributed by atoms with van der Waals surface area (Å²) < 4.78 is 0. The largest absolute Gasteiger partial charge is 0.387 e. The van der Waals surface area contributed by atoms with Crippen LogP contribution in [-0.2, 0) is 0 Å². The van der Waals surface area contributed by atoms with E-state index in [1.54, 1.807) is 0 Å². The normalized spacial score (nSPS) is 12.6. The van der Waals surface area contributed by atoms with Gasteiger partial charge in [-0.2, -0.15) is 0 Å². The molecule has 0 atom stereocenters. The summed E-state index contributed by atoms with van der Waals surface area (Å²) in [6.45, 7) is 3.34. The molecule has 0 aromatic heterocycles. The van der Waals surface area contributed by atoms with Crippen molar-refractivity contribution in [2.45, 2.75) is 0 Å². The van der Waals surface area contributed by atoms with Crippen LogP contribution < -0.4 is 11.5 Å². The van der Waals surface area contributed by atoms with Gasteiger partial charge in [0.15, 0.2) is 0 Å². The van der Waals surface area contributed by atoms with Crippen molar-refractivity contribution in [2.24, 2.45) is 17.4 Å². The van der Waals surface area contributed by atoms with E-state index >= 15 is 0 Å². The lowest BCUT2D eigenvalue weighted by Gasteiger charge is -2.03. The van der Waals surface area contributed by atoms with Gasteiger partial charge in [-0.3, -0.25) is 10.8 Å². The number of hydrogen-bond acceptors (Lipinski definition) is 2. The maximum Gasteiger partial charge on any atom is 0.101 e. The summed E-state index contributed by atoms with van der Waals surface area (Å²) in [7, 11) is 0. The highest BCUT2D eigenvalue weighted by Crippen LogP contribution is 1.87. The van der Waals surface area contributed by atoms with E-state index in [-0.39, 0.29) is 11.7 Å². The molecule has 0 aromatic rings. The molecular weight excluding hydrogens is 104 g/mol. The fourth-order valence-electron chi connectivity index (χ4n) is 0.168. The lowest BCUT2D eigenvalue weighted by atomic mass is 10.1. The summed E-state index contributed by atoms with van der Waals surface area (Å²) in [5.41, 5.74) is 9.87. The molecule has 1 radical (unpaired) electrons. The lowest BCUT2D eigenvalue weighted by Crippen LogP contribution is -2.31. The lowest BCUT2D eigenvalue weighted by molar-refractivity contribution is 1.10. The van der Waals surface area contributed by atoms with Gasteiger partial charge in [0, 0.05) is 0 Å². The molecule has 8 heavy (non-hydrogen) atoms. The maximum atomic E-state index is 6.73. The standard InChI is InChI=1S/C4H9N4/c1-2(3(5)6)4(7)8/h2H,1H2,(H3,5,6)(H3,7,8). The highest BCUT2D eigenvalue weighted by molar-refractivity contribution is 6.02. The minimum atomic E-state index is -0.657. The molecule has 0 rings (SSSR count). The van der Waals surface area contributed by atoms with Crippen LogP contribution in [0.5, 0.6) is 0 Å². The third kappa shape index (κ3) is 1.59. The van der Waals surface area contributed by atoms with Crippen LogP contribution in [0, 0.1) is 23.7 Å². The van der Waals surface area contributed by atoms with Crippen molar-refractivity contribution in [2.75, 3.05) is 0 Å². The second kappa shape index (κ2) is 2.30. The van der Waals surface area contributed by atoms with Crippen LogP contribution in [0.2, 0.25) is 0 Å². The Kier molecular flexibility index (Phi) is 1.99. The third-order valence-corrected chi connectivity index (χ3v) is 0.751. The molecule has 0 saturated heterocycles. The smallest absolute Gasteiger partial charge is 0.101 e. The van der Waals surface area contributed by atoms with E-state index < -0.39 is 5.92 Å². The van der Waals surface area contributed by atoms with Gasteiger partial charge in [-0.25, -0.2) is 0 Å². The second-order valence-electron chi connectivity index (χ2n) is 1.46. The summed E-state index contributed by atoms with van der Waals surface area (Å²) in [6, 6.07) is 0. The van der Waals surface area contributed by atoms with Crippen LogP contribution in [0.3, 0.4) is 0 Å². The number of amidine groups is 2. The summed E-state index contributed by atoms with van der Waals surface area (Å²) >= 11 is 0. The molecule has 4 heteroatoms. The van der Waals surface area contributed by atoms with Crippen molar-refractivity contribution in [3.63, 3.8) is 0 Å². The Balaban J connectivity index is 3.83. The van der Waals surface area contributed by atoms with Crippen LogP contribution in [0.15, 0.2) is 0 Å². The maximum absolute atomic E-state index is 6.73. The average molecular weight is 113 g/mol. The Labute approximate surface area is 47.9 Å². The number of nitrogens with one attached hydrogen (secondary N) is 2. The summed E-state index contributed by atoms with van der Waals surface area (Å²) in [5, 5.41) is 13.5. The van der Waals surface area contributed by atoms with Crippen LogP contribution in [0.1, 0.15) is 0 Å². The zero-order chi connectivity index (χ0) is 6.73. The molecule has 0 amide bonds. The Bertz CT molecular complexity index is 103. The van der Waals surface area contributed by atoms with E-state index in [9.17, 15) is 0 Å². The molecule has 6 N–H and O–H groups in total. The van der Waals surface area contributed by atoms with E-state index in [2.05, 4.69) is 6.92 Å². The van der Waals surface area contributed by atoms with Gasteiger partial charge in [0.1, 0.15) is 11.7 Å². The first kappa shape index (κ1) is 6.94. The van der Waals surface area contributed by atoms with Gasteiger partial charge in [-0.1, -0.05) is 0 Å². The molecule has 0 aliphatic heterocycles. The minimum absolute atomic E-state index is 0.169. The highest BCUT2D eigenvalue weighted by Gasteiger charge is 2.06. The molecule has 0 heterocycles. The van der Waals surface area contributed by atoms with E-state index in [0.29, 0.717) is 0 Å². The van der Waals surface area contributed by atoms with Gasteiger partial charge in [0.05, 0.1) is 5.92 Å². The number of rotatable bonds is 2. The number of hydrogen-bond donors (Lipinski definition) is 4. The molecule has 0 fully saturated rings. The van der Waals surface area contributed by atoms with E-state index in [1.165, 1.54) is 0 Å². The third-order valence-electron chi connectivity index (χ3n) is 0.751. The molecule has 4 nitrogen and oxygen atoms in total. The molecule has 0 bridgehead atoms. The van der Waals surface area contributed by atoms with Gasteiger partial charge < -0.3 is 11.5 Å². The monoisotopic (exact) mass is 113 g/mol. The topological polar surface area (TPSA) is 99.7 Å². The van der Waals surface area contributed by atoms with Gasteiger partial charge in [0.2, 0.25) is 0 Å². The first-order valence-electron chi connectivity index (χ1n) is 2.06. The Hall–Kier alpha value is -1.06. The Morgan fingerprint density at radius 3 is 1.50 bits per heavy atom. The van der Waals surface area contributed by atoms with Crippen molar-refractivity contribution in [1.29, 1.82) is 10.8 Å². The van der Waals surface area contributed by atoms with Crippen LogP contribution >= 0.6 is 0 Å². The summed E-state index contributed by atoms with van der Waals surface area (Å²) in [6.07, 6.45) is 0. The molecule has 45 valence electrons. The zero-order valence-electron chi connectivity index (χ0n) is 4.44. The van der Waals surface area contributed by atoms with Crippen molar-refractivity contribution < 1.29 is 0 Å². The van der Waals surface area contributed by atoms with Crippen molar-refractivity contribution in [3.8, 4) is 0 Å². The summed E-state index contributed by atoms with van der Waals surface area (Å²) in [4.78, 5) is 0. The Morgan fingerprint density at radius 2 is 1.50 bits per heavy atom. The van der Waals surface area contributed by atoms with Crippen LogP contribution in [0.4, 0.5) is 0 Å². The second-order valence-corrected chi connectivity index (χ2v) is 1.46. The van der Waals surface area contributed by atoms with Crippen molar-refractivity contribution >= 4 is 11.7 Å². The van der Waals surface area contributed by atoms with E-state index in [4.69, 9.17) is 22.3 Å². The highest BCUT2D eigenvalue weighted by atomic mass is 14.8. The molecule has 0 spiro atoms. The van der Waals surface area contributed by atoms with Gasteiger partial charge >= 0.3 is 0 Å². The predicted octanol–water partition coefficient (Wildman–Crippen LogP) is -0.691. The fraction of sp³-hybridized carbons (Fsp3) is 0.250. The van der Waals surface area contributed by atoms with Gasteiger partial charge in [-0.15, -0.1) is 0 Å². The average Bonchev–Trinajstić information content (AvgIpc) is 1.64. The van der Waals surface area contributed by atoms with E-state index in [0.717, 1.165) is 0 Å². The molecular formula is C4H9N4. The molecule has 0 aromatic carbocycles. The quantitative estimate of drug-likeness (QED) is 0.281. The zero-order valence-corrected chi connectivity index (χ0v) is 4.44. The molecule has 0 saturated carbocycles. The molecule has 0 unspecified atom stereocenters. The first-order valence-corrected chi connectivity index (χ1v) is 2.06. The SMILES string of the molecule is [CH2]C(C(=N)N)C(=N)N. The number of nitrogens with two attached hydrogens (primary N) is 2. The fourth-order valence-corrected chi connectivity index (χ4v) is 0.168. The van der Waals surface area contributed by atoms with Crippen LogP contribution in [-0.4, -0.2) is 11.7 Å². The van der Waals surface area contributed by atoms with Gasteiger partial charge in [0.25, 0.3) is 0 Å². The minimum Gasteiger partial charge on any atom is -0.387 e. The van der Waals surface area contributed by atoms with Crippen molar-refractivity contribution in [1.82, 2.24) is 0 Å².